The molecular weight excluding hydrogens is 196 g/mol. The maximum absolute atomic E-state index is 11.7. The van der Waals surface area contributed by atoms with Gasteiger partial charge in [0.2, 0.25) is 0 Å². The Morgan fingerprint density at radius 2 is 1.73 bits per heavy atom. The summed E-state index contributed by atoms with van der Waals surface area (Å²) in [4.78, 5) is 22.4. The number of ether oxygens (including phenoxy) is 1. The number of hydrogen-bond donors (Lipinski definition) is 1. The van der Waals surface area contributed by atoms with Gasteiger partial charge in [0, 0.05) is 19.4 Å². The SMILES string of the molecule is COC(C)(C)CC(=O)C(C)C(C)C(=O)O. The van der Waals surface area contributed by atoms with Crippen LogP contribution in [-0.2, 0) is 14.3 Å². The third-order valence-electron chi connectivity index (χ3n) is 2.80. The van der Waals surface area contributed by atoms with Gasteiger partial charge in [-0.05, 0) is 13.8 Å². The standard InChI is InChI=1S/C11H20O4/c1-7(8(2)10(13)14)9(12)6-11(3,4)15-5/h7-8H,6H2,1-5H3,(H,13,14). The zero-order chi connectivity index (χ0) is 12.2. The van der Waals surface area contributed by atoms with Gasteiger partial charge in [-0.25, -0.2) is 0 Å². The predicted octanol–water partition coefficient (Wildman–Crippen LogP) is 1.73. The first-order valence-corrected chi connectivity index (χ1v) is 5.02. The quantitative estimate of drug-likeness (QED) is 0.734. The minimum atomic E-state index is -0.939. The van der Waals surface area contributed by atoms with E-state index in [1.54, 1.807) is 21.0 Å². The summed E-state index contributed by atoms with van der Waals surface area (Å²) in [6.07, 6.45) is 0.238. The molecule has 2 unspecified atom stereocenters. The van der Waals surface area contributed by atoms with Crippen molar-refractivity contribution < 1.29 is 19.4 Å². The molecule has 15 heavy (non-hydrogen) atoms. The summed E-state index contributed by atoms with van der Waals surface area (Å²) in [5, 5.41) is 8.77. The van der Waals surface area contributed by atoms with E-state index in [1.165, 1.54) is 0 Å². The number of carboxylic acid groups (broad SMARTS) is 1. The fourth-order valence-electron chi connectivity index (χ4n) is 1.15. The maximum Gasteiger partial charge on any atom is 0.306 e. The molecule has 0 saturated heterocycles. The highest BCUT2D eigenvalue weighted by atomic mass is 16.5. The van der Waals surface area contributed by atoms with Crippen LogP contribution in [0.15, 0.2) is 0 Å². The first-order valence-electron chi connectivity index (χ1n) is 5.02. The highest BCUT2D eigenvalue weighted by Gasteiger charge is 2.30. The zero-order valence-electron chi connectivity index (χ0n) is 10.0. The second-order valence-electron chi connectivity index (χ2n) is 4.52. The summed E-state index contributed by atoms with van der Waals surface area (Å²) in [6.45, 7) is 6.81. The van der Waals surface area contributed by atoms with Crippen LogP contribution in [0, 0.1) is 11.8 Å². The van der Waals surface area contributed by atoms with Crippen molar-refractivity contribution >= 4 is 11.8 Å². The number of ketones is 1. The Morgan fingerprint density at radius 1 is 1.27 bits per heavy atom. The Balaban J connectivity index is 4.40. The first kappa shape index (κ1) is 14.1. The molecular formula is C11H20O4. The van der Waals surface area contributed by atoms with Crippen LogP contribution >= 0.6 is 0 Å². The van der Waals surface area contributed by atoms with Gasteiger partial charge in [0.25, 0.3) is 0 Å². The lowest BCUT2D eigenvalue weighted by molar-refractivity contribution is -0.146. The van der Waals surface area contributed by atoms with Crippen molar-refractivity contribution in [1.29, 1.82) is 0 Å². The van der Waals surface area contributed by atoms with E-state index in [4.69, 9.17) is 9.84 Å². The highest BCUT2D eigenvalue weighted by Crippen LogP contribution is 2.20. The lowest BCUT2D eigenvalue weighted by Crippen LogP contribution is -2.32. The average molecular weight is 216 g/mol. The molecule has 1 N–H and O–H groups in total. The van der Waals surface area contributed by atoms with Gasteiger partial charge in [0.05, 0.1) is 11.5 Å². The van der Waals surface area contributed by atoms with Gasteiger partial charge in [-0.3, -0.25) is 9.59 Å². The van der Waals surface area contributed by atoms with Gasteiger partial charge in [-0.2, -0.15) is 0 Å². The number of Topliss-reactive ketones (excluding diaryl/α,β-unsaturated/α-hetero) is 1. The number of aliphatic carboxylic acids is 1. The smallest absolute Gasteiger partial charge is 0.306 e. The van der Waals surface area contributed by atoms with Crippen LogP contribution in [0.5, 0.6) is 0 Å². The third kappa shape index (κ3) is 4.42. The molecule has 0 radical (unpaired) electrons. The second kappa shape index (κ2) is 5.26. The summed E-state index contributed by atoms with van der Waals surface area (Å²) in [7, 11) is 1.54. The molecule has 0 aliphatic carbocycles. The van der Waals surface area contributed by atoms with Crippen LogP contribution in [0.2, 0.25) is 0 Å². The van der Waals surface area contributed by atoms with Gasteiger partial charge < -0.3 is 9.84 Å². The molecule has 88 valence electrons. The van der Waals surface area contributed by atoms with Crippen molar-refractivity contribution in [3.8, 4) is 0 Å². The van der Waals surface area contributed by atoms with Gasteiger partial charge in [-0.1, -0.05) is 13.8 Å². The molecule has 0 rings (SSSR count). The Morgan fingerprint density at radius 3 is 2.07 bits per heavy atom. The van der Waals surface area contributed by atoms with E-state index >= 15 is 0 Å². The fraction of sp³-hybridized carbons (Fsp3) is 0.818. The highest BCUT2D eigenvalue weighted by molar-refractivity contribution is 5.86. The van der Waals surface area contributed by atoms with Crippen LogP contribution in [-0.4, -0.2) is 29.6 Å². The van der Waals surface area contributed by atoms with Gasteiger partial charge in [-0.15, -0.1) is 0 Å². The van der Waals surface area contributed by atoms with Gasteiger partial charge >= 0.3 is 5.97 Å². The number of carboxylic acids is 1. The van der Waals surface area contributed by atoms with E-state index in [0.29, 0.717) is 0 Å². The molecule has 0 fully saturated rings. The molecule has 0 aromatic heterocycles. The number of carbonyl (C=O) groups excluding carboxylic acids is 1. The molecule has 0 aliphatic heterocycles. The molecule has 0 aromatic carbocycles. The van der Waals surface area contributed by atoms with Crippen molar-refractivity contribution in [2.24, 2.45) is 11.8 Å². The monoisotopic (exact) mass is 216 g/mol. The maximum atomic E-state index is 11.7. The van der Waals surface area contributed by atoms with Crippen molar-refractivity contribution in [3.63, 3.8) is 0 Å². The summed E-state index contributed by atoms with van der Waals surface area (Å²) in [5.74, 6) is -2.13. The van der Waals surface area contributed by atoms with E-state index in [-0.39, 0.29) is 12.2 Å². The fourth-order valence-corrected chi connectivity index (χ4v) is 1.15. The van der Waals surface area contributed by atoms with Crippen molar-refractivity contribution in [2.45, 2.75) is 39.7 Å². The topological polar surface area (TPSA) is 63.6 Å². The van der Waals surface area contributed by atoms with Gasteiger partial charge in [0.1, 0.15) is 5.78 Å². The zero-order valence-corrected chi connectivity index (χ0v) is 10.0. The lowest BCUT2D eigenvalue weighted by atomic mass is 9.86. The van der Waals surface area contributed by atoms with Crippen LogP contribution in [0.1, 0.15) is 34.1 Å². The molecule has 0 bridgehead atoms. The Labute approximate surface area is 90.6 Å². The van der Waals surface area contributed by atoms with E-state index in [9.17, 15) is 9.59 Å². The third-order valence-corrected chi connectivity index (χ3v) is 2.80. The van der Waals surface area contributed by atoms with Crippen LogP contribution in [0.25, 0.3) is 0 Å². The molecule has 0 aromatic rings. The summed E-state index contributed by atoms with van der Waals surface area (Å²) in [5.41, 5.74) is -0.524. The average Bonchev–Trinajstić information content (AvgIpc) is 2.14. The molecule has 4 nitrogen and oxygen atoms in total. The summed E-state index contributed by atoms with van der Waals surface area (Å²) in [6, 6.07) is 0. The van der Waals surface area contributed by atoms with E-state index < -0.39 is 23.4 Å². The Bertz CT molecular complexity index is 245. The van der Waals surface area contributed by atoms with E-state index in [0.717, 1.165) is 0 Å². The van der Waals surface area contributed by atoms with E-state index in [1.807, 2.05) is 13.8 Å². The normalized spacial score (nSPS) is 15.8. The second-order valence-corrected chi connectivity index (χ2v) is 4.52. The van der Waals surface area contributed by atoms with Crippen LogP contribution in [0.4, 0.5) is 0 Å². The number of carbonyl (C=O) groups is 2. The largest absolute Gasteiger partial charge is 0.481 e. The molecule has 0 amide bonds. The minimum absolute atomic E-state index is 0.0725. The lowest BCUT2D eigenvalue weighted by Gasteiger charge is -2.24. The number of rotatable bonds is 6. The first-order chi connectivity index (χ1) is 6.71. The Hall–Kier alpha value is -0.900. The Kier molecular flexibility index (Phi) is 4.94. The van der Waals surface area contributed by atoms with E-state index in [2.05, 4.69) is 0 Å². The predicted molar refractivity (Wildman–Crippen MR) is 56.7 cm³/mol. The molecule has 2 atom stereocenters. The van der Waals surface area contributed by atoms with Gasteiger partial charge in [0.15, 0.2) is 0 Å². The van der Waals surface area contributed by atoms with Crippen molar-refractivity contribution in [2.75, 3.05) is 7.11 Å². The summed E-state index contributed by atoms with van der Waals surface area (Å²) >= 11 is 0. The van der Waals surface area contributed by atoms with Crippen molar-refractivity contribution in [3.05, 3.63) is 0 Å². The molecule has 0 heterocycles. The summed E-state index contributed by atoms with van der Waals surface area (Å²) < 4.78 is 5.13. The van der Waals surface area contributed by atoms with Crippen LogP contribution < -0.4 is 0 Å². The number of methoxy groups -OCH3 is 1. The minimum Gasteiger partial charge on any atom is -0.481 e. The van der Waals surface area contributed by atoms with Crippen LogP contribution in [0.3, 0.4) is 0 Å². The molecule has 0 spiro atoms. The number of hydrogen-bond acceptors (Lipinski definition) is 3. The molecule has 0 saturated carbocycles. The van der Waals surface area contributed by atoms with Crippen molar-refractivity contribution in [1.82, 2.24) is 0 Å². The molecule has 0 aliphatic rings. The molecule has 4 heteroatoms.